The van der Waals surface area contributed by atoms with E-state index in [9.17, 15) is 4.79 Å². The highest BCUT2D eigenvalue weighted by Gasteiger charge is 2.04. The van der Waals surface area contributed by atoms with Crippen LogP contribution in [0.15, 0.2) is 12.1 Å². The molecule has 0 aliphatic rings. The van der Waals surface area contributed by atoms with E-state index in [-0.39, 0.29) is 5.78 Å². The molecule has 0 aliphatic carbocycles. The zero-order chi connectivity index (χ0) is 8.43. The van der Waals surface area contributed by atoms with Gasteiger partial charge < -0.3 is 4.90 Å². The van der Waals surface area contributed by atoms with Crippen molar-refractivity contribution in [2.45, 2.75) is 6.92 Å². The average molecular weight is 169 g/mol. The van der Waals surface area contributed by atoms with Crippen molar-refractivity contribution in [3.05, 3.63) is 17.0 Å². The predicted octanol–water partition coefficient (Wildman–Crippen LogP) is 2.02. The van der Waals surface area contributed by atoms with Gasteiger partial charge in [-0.15, -0.1) is 11.3 Å². The molecule has 0 saturated carbocycles. The maximum absolute atomic E-state index is 10.9. The highest BCUT2D eigenvalue weighted by Crippen LogP contribution is 2.23. The quantitative estimate of drug-likeness (QED) is 0.631. The zero-order valence-corrected chi connectivity index (χ0v) is 7.73. The number of hydrogen-bond acceptors (Lipinski definition) is 3. The van der Waals surface area contributed by atoms with Gasteiger partial charge in [0.2, 0.25) is 0 Å². The largest absolute Gasteiger partial charge is 0.370 e. The second-order valence-electron chi connectivity index (χ2n) is 2.59. The van der Waals surface area contributed by atoms with Crippen molar-refractivity contribution in [1.82, 2.24) is 0 Å². The lowest BCUT2D eigenvalue weighted by Crippen LogP contribution is -2.05. The van der Waals surface area contributed by atoms with Crippen LogP contribution in [0.2, 0.25) is 0 Å². The van der Waals surface area contributed by atoms with Crippen molar-refractivity contribution in [3.8, 4) is 0 Å². The number of nitrogens with zero attached hydrogens (tertiary/aromatic N) is 1. The van der Waals surface area contributed by atoms with Crippen LogP contribution in [-0.2, 0) is 0 Å². The second-order valence-corrected chi connectivity index (χ2v) is 3.65. The molecule has 1 heterocycles. The minimum Gasteiger partial charge on any atom is -0.370 e. The number of ketones is 1. The minimum atomic E-state index is 0.142. The molecule has 0 atom stereocenters. The maximum atomic E-state index is 10.9. The summed E-state index contributed by atoms with van der Waals surface area (Å²) in [5.74, 6) is 0.142. The van der Waals surface area contributed by atoms with Crippen molar-refractivity contribution in [3.63, 3.8) is 0 Å². The van der Waals surface area contributed by atoms with Crippen LogP contribution in [0.25, 0.3) is 0 Å². The Morgan fingerprint density at radius 3 is 2.36 bits per heavy atom. The summed E-state index contributed by atoms with van der Waals surface area (Å²) in [6.45, 7) is 1.59. The monoisotopic (exact) mass is 169 g/mol. The van der Waals surface area contributed by atoms with Gasteiger partial charge in [-0.1, -0.05) is 0 Å². The lowest BCUT2D eigenvalue weighted by molar-refractivity contribution is 0.102. The molecule has 11 heavy (non-hydrogen) atoms. The second kappa shape index (κ2) is 3.05. The standard InChI is InChI=1S/C8H11NOS/c1-6(10)7-4-5-8(11-7)9(2)3/h4-5H,1-3H3. The number of rotatable bonds is 2. The molecule has 0 spiro atoms. The number of carbonyl (C=O) groups is 1. The molecule has 0 bridgehead atoms. The molecule has 0 aliphatic heterocycles. The number of carbonyl (C=O) groups excluding carboxylic acids is 1. The van der Waals surface area contributed by atoms with E-state index < -0.39 is 0 Å². The Kier molecular flexibility index (Phi) is 2.29. The first-order valence-electron chi connectivity index (χ1n) is 3.39. The van der Waals surface area contributed by atoms with Gasteiger partial charge in [-0.25, -0.2) is 0 Å². The van der Waals surface area contributed by atoms with E-state index in [1.165, 1.54) is 11.3 Å². The van der Waals surface area contributed by atoms with E-state index in [2.05, 4.69) is 0 Å². The van der Waals surface area contributed by atoms with Gasteiger partial charge in [0.1, 0.15) is 0 Å². The molecule has 0 aromatic carbocycles. The molecule has 0 N–H and O–H groups in total. The fourth-order valence-electron chi connectivity index (χ4n) is 0.757. The summed E-state index contributed by atoms with van der Waals surface area (Å²) in [4.78, 5) is 13.7. The number of thiophene rings is 1. The van der Waals surface area contributed by atoms with E-state index in [1.54, 1.807) is 6.92 Å². The van der Waals surface area contributed by atoms with Crippen LogP contribution in [0, 0.1) is 0 Å². The minimum absolute atomic E-state index is 0.142. The van der Waals surface area contributed by atoms with E-state index in [4.69, 9.17) is 0 Å². The molecule has 1 aromatic rings. The summed E-state index contributed by atoms with van der Waals surface area (Å²) in [5.41, 5.74) is 0. The van der Waals surface area contributed by atoms with Crippen LogP contribution in [-0.4, -0.2) is 19.9 Å². The molecule has 3 heteroatoms. The van der Waals surface area contributed by atoms with Gasteiger partial charge in [-0.2, -0.15) is 0 Å². The number of anilines is 1. The van der Waals surface area contributed by atoms with Crippen molar-refractivity contribution < 1.29 is 4.79 Å². The normalized spacial score (nSPS) is 9.73. The van der Waals surface area contributed by atoms with Gasteiger partial charge in [0, 0.05) is 14.1 Å². The first-order chi connectivity index (χ1) is 5.11. The SMILES string of the molecule is CC(=O)c1ccc(N(C)C)s1. The van der Waals surface area contributed by atoms with E-state index >= 15 is 0 Å². The Bertz CT molecular complexity index is 265. The van der Waals surface area contributed by atoms with Crippen LogP contribution in [0.3, 0.4) is 0 Å². The maximum Gasteiger partial charge on any atom is 0.169 e. The van der Waals surface area contributed by atoms with Gasteiger partial charge in [0.15, 0.2) is 5.78 Å². The molecule has 60 valence electrons. The topological polar surface area (TPSA) is 20.3 Å². The molecule has 0 amide bonds. The van der Waals surface area contributed by atoms with Crippen LogP contribution < -0.4 is 4.90 Å². The van der Waals surface area contributed by atoms with E-state index in [1.807, 2.05) is 31.1 Å². The third kappa shape index (κ3) is 1.80. The van der Waals surface area contributed by atoms with Crippen LogP contribution in [0.5, 0.6) is 0 Å². The summed E-state index contributed by atoms with van der Waals surface area (Å²) >= 11 is 1.53. The van der Waals surface area contributed by atoms with Gasteiger partial charge in [0.25, 0.3) is 0 Å². The fraction of sp³-hybridized carbons (Fsp3) is 0.375. The molecule has 0 unspecified atom stereocenters. The highest BCUT2D eigenvalue weighted by atomic mass is 32.1. The zero-order valence-electron chi connectivity index (χ0n) is 6.92. The van der Waals surface area contributed by atoms with Gasteiger partial charge in [0.05, 0.1) is 9.88 Å². The Morgan fingerprint density at radius 1 is 1.45 bits per heavy atom. The number of hydrogen-bond donors (Lipinski definition) is 0. The summed E-state index contributed by atoms with van der Waals surface area (Å²) in [7, 11) is 3.94. The molecule has 2 nitrogen and oxygen atoms in total. The average Bonchev–Trinajstić information content (AvgIpc) is 2.33. The molecule has 1 rings (SSSR count). The Morgan fingerprint density at radius 2 is 2.09 bits per heavy atom. The molecule has 1 aromatic heterocycles. The van der Waals surface area contributed by atoms with Crippen molar-refractivity contribution in [2.75, 3.05) is 19.0 Å². The molecule has 0 saturated heterocycles. The molecule has 0 radical (unpaired) electrons. The smallest absolute Gasteiger partial charge is 0.169 e. The van der Waals surface area contributed by atoms with Gasteiger partial charge in [-0.05, 0) is 19.1 Å². The lowest BCUT2D eigenvalue weighted by Gasteiger charge is -2.06. The van der Waals surface area contributed by atoms with Crippen molar-refractivity contribution in [2.24, 2.45) is 0 Å². The lowest BCUT2D eigenvalue weighted by atomic mass is 10.3. The predicted molar refractivity (Wildman–Crippen MR) is 48.7 cm³/mol. The summed E-state index contributed by atoms with van der Waals surface area (Å²) < 4.78 is 0. The third-order valence-electron chi connectivity index (χ3n) is 1.38. The molecule has 0 fully saturated rings. The summed E-state index contributed by atoms with van der Waals surface area (Å²) in [6.07, 6.45) is 0. The fourth-order valence-corrected chi connectivity index (χ4v) is 1.58. The molecular formula is C8H11NOS. The summed E-state index contributed by atoms with van der Waals surface area (Å²) in [6, 6.07) is 3.82. The van der Waals surface area contributed by atoms with Crippen LogP contribution >= 0.6 is 11.3 Å². The summed E-state index contributed by atoms with van der Waals surface area (Å²) in [5, 5.41) is 1.12. The molecular weight excluding hydrogens is 158 g/mol. The first-order valence-corrected chi connectivity index (χ1v) is 4.21. The van der Waals surface area contributed by atoms with Gasteiger partial charge in [-0.3, -0.25) is 4.79 Å². The van der Waals surface area contributed by atoms with E-state index in [0.717, 1.165) is 9.88 Å². The number of Topliss-reactive ketones (excluding diaryl/α,β-unsaturated/α-hetero) is 1. The van der Waals surface area contributed by atoms with Crippen LogP contribution in [0.4, 0.5) is 5.00 Å². The van der Waals surface area contributed by atoms with Crippen LogP contribution in [0.1, 0.15) is 16.6 Å². The Balaban J connectivity index is 2.90. The Hall–Kier alpha value is -0.830. The Labute approximate surface area is 70.5 Å². The highest BCUT2D eigenvalue weighted by molar-refractivity contribution is 7.17. The van der Waals surface area contributed by atoms with Crippen molar-refractivity contribution in [1.29, 1.82) is 0 Å². The van der Waals surface area contributed by atoms with E-state index in [0.29, 0.717) is 0 Å². The van der Waals surface area contributed by atoms with Crippen molar-refractivity contribution >= 4 is 22.1 Å². The van der Waals surface area contributed by atoms with Gasteiger partial charge >= 0.3 is 0 Å². The first kappa shape index (κ1) is 8.27. The third-order valence-corrected chi connectivity index (χ3v) is 2.73.